The summed E-state index contributed by atoms with van der Waals surface area (Å²) in [5, 5.41) is 1.36. The standard InChI is InChI=1S/C12H4BrCl3O2/c13-11-5(14)1-2-8-12(11)18-10-4-7(16)6(15)3-9(10)17-8/h1-4H. The van der Waals surface area contributed by atoms with Crippen molar-refractivity contribution < 1.29 is 9.47 Å². The fourth-order valence-corrected chi connectivity index (χ4v) is 2.45. The molecule has 1 aliphatic rings. The summed E-state index contributed by atoms with van der Waals surface area (Å²) in [6.07, 6.45) is 0. The lowest BCUT2D eigenvalue weighted by Gasteiger charge is -2.22. The molecular formula is C12H4BrCl3O2. The Balaban J connectivity index is 2.15. The molecule has 0 N–H and O–H groups in total. The van der Waals surface area contributed by atoms with Gasteiger partial charge in [0.1, 0.15) is 0 Å². The first kappa shape index (κ1) is 12.4. The van der Waals surface area contributed by atoms with Crippen LogP contribution in [-0.2, 0) is 0 Å². The van der Waals surface area contributed by atoms with Gasteiger partial charge in [0, 0.05) is 12.1 Å². The number of hydrogen-bond donors (Lipinski definition) is 0. The Morgan fingerprint density at radius 3 is 2.06 bits per heavy atom. The fraction of sp³-hybridized carbons (Fsp3) is 0. The van der Waals surface area contributed by atoms with E-state index >= 15 is 0 Å². The van der Waals surface area contributed by atoms with Gasteiger partial charge in [0.15, 0.2) is 23.0 Å². The van der Waals surface area contributed by atoms with Gasteiger partial charge in [-0.1, -0.05) is 34.8 Å². The first-order valence-corrected chi connectivity index (χ1v) is 6.81. The van der Waals surface area contributed by atoms with Gasteiger partial charge in [0.2, 0.25) is 0 Å². The van der Waals surface area contributed by atoms with Crippen molar-refractivity contribution in [3.05, 3.63) is 43.8 Å². The van der Waals surface area contributed by atoms with Crippen LogP contribution in [0.1, 0.15) is 0 Å². The van der Waals surface area contributed by atoms with E-state index in [2.05, 4.69) is 15.9 Å². The van der Waals surface area contributed by atoms with Crippen molar-refractivity contribution in [3.8, 4) is 23.0 Å². The largest absolute Gasteiger partial charge is 0.449 e. The minimum Gasteiger partial charge on any atom is -0.449 e. The van der Waals surface area contributed by atoms with Crippen LogP contribution in [0.3, 0.4) is 0 Å². The number of hydrogen-bond acceptors (Lipinski definition) is 2. The van der Waals surface area contributed by atoms with Crippen LogP contribution >= 0.6 is 50.7 Å². The Labute approximate surface area is 126 Å². The van der Waals surface area contributed by atoms with Gasteiger partial charge >= 0.3 is 0 Å². The van der Waals surface area contributed by atoms with Crippen LogP contribution in [0.15, 0.2) is 28.7 Å². The third kappa shape index (κ3) is 1.95. The number of rotatable bonds is 0. The van der Waals surface area contributed by atoms with Crippen LogP contribution in [0.25, 0.3) is 0 Å². The van der Waals surface area contributed by atoms with Crippen LogP contribution in [0, 0.1) is 0 Å². The molecular weight excluding hydrogens is 362 g/mol. The molecule has 0 unspecified atom stereocenters. The summed E-state index contributed by atoms with van der Waals surface area (Å²) in [6.45, 7) is 0. The van der Waals surface area contributed by atoms with Crippen LogP contribution in [0.2, 0.25) is 15.1 Å². The van der Waals surface area contributed by atoms with Gasteiger partial charge in [-0.2, -0.15) is 0 Å². The lowest BCUT2D eigenvalue weighted by Crippen LogP contribution is -1.99. The molecule has 92 valence electrons. The Hall–Kier alpha value is -0.610. The lowest BCUT2D eigenvalue weighted by atomic mass is 10.2. The van der Waals surface area contributed by atoms with E-state index in [4.69, 9.17) is 44.3 Å². The zero-order valence-corrected chi connectivity index (χ0v) is 12.5. The molecule has 0 aliphatic carbocycles. The highest BCUT2D eigenvalue weighted by atomic mass is 79.9. The topological polar surface area (TPSA) is 18.5 Å². The van der Waals surface area contributed by atoms with E-state index in [0.29, 0.717) is 42.5 Å². The summed E-state index contributed by atoms with van der Waals surface area (Å²) in [5.74, 6) is 2.11. The molecule has 0 aromatic heterocycles. The highest BCUT2D eigenvalue weighted by Gasteiger charge is 2.23. The quantitative estimate of drug-likeness (QED) is 0.464. The summed E-state index contributed by atoms with van der Waals surface area (Å²) in [5.41, 5.74) is 0. The smallest absolute Gasteiger partial charge is 0.185 e. The highest BCUT2D eigenvalue weighted by Crippen LogP contribution is 2.51. The van der Waals surface area contributed by atoms with E-state index < -0.39 is 0 Å². The minimum absolute atomic E-state index is 0.403. The zero-order valence-electron chi connectivity index (χ0n) is 8.64. The number of halogens is 4. The van der Waals surface area contributed by atoms with E-state index in [1.165, 1.54) is 0 Å². The second-order valence-corrected chi connectivity index (χ2v) is 5.62. The molecule has 1 aliphatic heterocycles. The molecule has 2 aromatic rings. The molecule has 0 amide bonds. The Bertz CT molecular complexity index is 658. The van der Waals surface area contributed by atoms with Crippen LogP contribution < -0.4 is 9.47 Å². The molecule has 0 spiro atoms. The molecule has 2 nitrogen and oxygen atoms in total. The van der Waals surface area contributed by atoms with Crippen LogP contribution in [-0.4, -0.2) is 0 Å². The van der Waals surface area contributed by atoms with Gasteiger partial charge in [0.05, 0.1) is 19.5 Å². The molecule has 0 bridgehead atoms. The third-order valence-electron chi connectivity index (χ3n) is 2.43. The van der Waals surface area contributed by atoms with Gasteiger partial charge in [0.25, 0.3) is 0 Å². The van der Waals surface area contributed by atoms with E-state index in [9.17, 15) is 0 Å². The molecule has 0 saturated heterocycles. The molecule has 0 radical (unpaired) electrons. The molecule has 0 saturated carbocycles. The van der Waals surface area contributed by atoms with Crippen molar-refractivity contribution >= 4 is 50.7 Å². The Kier molecular flexibility index (Phi) is 3.10. The second kappa shape index (κ2) is 4.49. The van der Waals surface area contributed by atoms with Crippen molar-refractivity contribution in [1.29, 1.82) is 0 Å². The first-order chi connectivity index (χ1) is 8.56. The Morgan fingerprint density at radius 1 is 0.778 bits per heavy atom. The first-order valence-electron chi connectivity index (χ1n) is 4.89. The van der Waals surface area contributed by atoms with Gasteiger partial charge in [-0.3, -0.25) is 0 Å². The SMILES string of the molecule is Clc1cc2c(cc1Cl)Oc1c(ccc(Cl)c1Br)O2. The summed E-state index contributed by atoms with van der Waals surface area (Å²) in [7, 11) is 0. The fourth-order valence-electron chi connectivity index (χ4n) is 1.59. The predicted octanol–water partition coefficient (Wildman–Crippen LogP) is 6.31. The molecule has 18 heavy (non-hydrogen) atoms. The third-order valence-corrected chi connectivity index (χ3v) is 4.49. The van der Waals surface area contributed by atoms with E-state index in [0.717, 1.165) is 0 Å². The lowest BCUT2D eigenvalue weighted by molar-refractivity contribution is 0.358. The maximum absolute atomic E-state index is 6.00. The molecule has 3 rings (SSSR count). The predicted molar refractivity (Wildman–Crippen MR) is 75.8 cm³/mol. The maximum Gasteiger partial charge on any atom is 0.185 e. The molecule has 0 atom stereocenters. The summed E-state index contributed by atoms with van der Waals surface area (Å²) in [6, 6.07) is 6.67. The van der Waals surface area contributed by atoms with Gasteiger partial charge < -0.3 is 9.47 Å². The van der Waals surface area contributed by atoms with Crippen molar-refractivity contribution in [1.82, 2.24) is 0 Å². The van der Waals surface area contributed by atoms with Gasteiger partial charge in [-0.25, -0.2) is 0 Å². The van der Waals surface area contributed by atoms with Crippen molar-refractivity contribution in [3.63, 3.8) is 0 Å². The average Bonchev–Trinajstić information content (AvgIpc) is 2.34. The number of fused-ring (bicyclic) bond motifs is 2. The maximum atomic E-state index is 6.00. The van der Waals surface area contributed by atoms with Crippen LogP contribution in [0.4, 0.5) is 0 Å². The zero-order chi connectivity index (χ0) is 12.9. The summed E-state index contributed by atoms with van der Waals surface area (Å²) in [4.78, 5) is 0. The van der Waals surface area contributed by atoms with Crippen molar-refractivity contribution in [2.24, 2.45) is 0 Å². The minimum atomic E-state index is 0.403. The van der Waals surface area contributed by atoms with Gasteiger partial charge in [-0.05, 0) is 28.1 Å². The number of benzene rings is 2. The van der Waals surface area contributed by atoms with E-state index in [-0.39, 0.29) is 0 Å². The van der Waals surface area contributed by atoms with E-state index in [1.54, 1.807) is 24.3 Å². The normalized spacial score (nSPS) is 12.2. The number of ether oxygens (including phenoxy) is 2. The Morgan fingerprint density at radius 2 is 1.39 bits per heavy atom. The van der Waals surface area contributed by atoms with E-state index in [1.807, 2.05) is 0 Å². The van der Waals surface area contributed by atoms with Crippen LogP contribution in [0.5, 0.6) is 23.0 Å². The van der Waals surface area contributed by atoms with Crippen molar-refractivity contribution in [2.75, 3.05) is 0 Å². The second-order valence-electron chi connectivity index (χ2n) is 3.61. The average molecular weight is 366 g/mol. The monoisotopic (exact) mass is 364 g/mol. The molecule has 2 aromatic carbocycles. The summed E-state index contributed by atoms with van der Waals surface area (Å²) >= 11 is 21.2. The molecule has 6 heteroatoms. The van der Waals surface area contributed by atoms with Crippen molar-refractivity contribution in [2.45, 2.75) is 0 Å². The molecule has 1 heterocycles. The highest BCUT2D eigenvalue weighted by molar-refractivity contribution is 9.10. The summed E-state index contributed by atoms with van der Waals surface area (Å²) < 4.78 is 12.1. The molecule has 0 fully saturated rings. The van der Waals surface area contributed by atoms with Gasteiger partial charge in [-0.15, -0.1) is 0 Å².